The molecule has 0 bridgehead atoms. The van der Waals surface area contributed by atoms with Crippen molar-refractivity contribution in [2.45, 2.75) is 57.7 Å². The molecule has 1 aliphatic rings. The third-order valence-corrected chi connectivity index (χ3v) is 5.58. The van der Waals surface area contributed by atoms with Crippen LogP contribution in [-0.2, 0) is 11.2 Å². The zero-order valence-electron chi connectivity index (χ0n) is 21.2. The molecule has 7 heteroatoms. The third-order valence-electron chi connectivity index (χ3n) is 5.58. The maximum Gasteiger partial charge on any atom is 0.229 e. The van der Waals surface area contributed by atoms with Crippen molar-refractivity contribution in [3.63, 3.8) is 0 Å². The highest BCUT2D eigenvalue weighted by molar-refractivity contribution is 5.82. The Balaban J connectivity index is 0.00000109. The summed E-state index contributed by atoms with van der Waals surface area (Å²) in [5.41, 5.74) is 2.13. The van der Waals surface area contributed by atoms with Gasteiger partial charge in [0.1, 0.15) is 11.9 Å². The molecule has 0 amide bonds. The van der Waals surface area contributed by atoms with Gasteiger partial charge in [-0.15, -0.1) is 0 Å². The van der Waals surface area contributed by atoms with Crippen LogP contribution in [0.5, 0.6) is 5.75 Å². The van der Waals surface area contributed by atoms with Crippen molar-refractivity contribution in [1.82, 2.24) is 0 Å². The van der Waals surface area contributed by atoms with Crippen LogP contribution < -0.4 is 10.1 Å². The Morgan fingerprint density at radius 3 is 2.47 bits per heavy atom. The van der Waals surface area contributed by atoms with E-state index in [1.54, 1.807) is 12.1 Å². The predicted molar refractivity (Wildman–Crippen MR) is 144 cm³/mol. The number of allylic oxidation sites excluding steroid dienone is 1. The second-order valence-corrected chi connectivity index (χ2v) is 8.02. The lowest BCUT2D eigenvalue weighted by atomic mass is 10.0. The minimum Gasteiger partial charge on any atom is -0.462 e. The summed E-state index contributed by atoms with van der Waals surface area (Å²) in [5, 5.41) is 42.1. The predicted octanol–water partition coefficient (Wildman–Crippen LogP) is 4.24. The van der Waals surface area contributed by atoms with Gasteiger partial charge in [0.05, 0.1) is 18.8 Å². The molecule has 1 aliphatic heterocycles. The quantitative estimate of drug-likeness (QED) is 0.317. The molecular weight excluding hydrogens is 458 g/mol. The Bertz CT molecular complexity index is 1060. The molecule has 4 rings (SSSR count). The van der Waals surface area contributed by atoms with Gasteiger partial charge in [-0.1, -0.05) is 68.5 Å². The molecule has 1 fully saturated rings. The van der Waals surface area contributed by atoms with Gasteiger partial charge in [-0.3, -0.25) is 0 Å². The standard InChI is InChI=1S/C26H29NO5.C2H6.CH4O/c28-17-23-16-24(29)25(30)26(32-23)31-22-10-5-9-21(15-22)27-13-4-3-6-18-11-12-19-7-1-2-8-20(19)14-18;2*1-2/h1-2,4-5,7-15,23-30H,3,6,16-17H2;1-2H3;2H,1H3/b13-4+;;/t23?,24?,25-,26?;;/m1../s1. The van der Waals surface area contributed by atoms with Gasteiger partial charge in [0.2, 0.25) is 6.29 Å². The number of rotatable bonds is 8. The van der Waals surface area contributed by atoms with Crippen LogP contribution in [-0.4, -0.2) is 58.7 Å². The molecule has 3 unspecified atom stereocenters. The Morgan fingerprint density at radius 2 is 1.72 bits per heavy atom. The van der Waals surface area contributed by atoms with Crippen LogP contribution in [0.1, 0.15) is 32.3 Å². The van der Waals surface area contributed by atoms with Gasteiger partial charge in [0.15, 0.2) is 0 Å². The summed E-state index contributed by atoms with van der Waals surface area (Å²) in [6, 6.07) is 22.2. The van der Waals surface area contributed by atoms with E-state index < -0.39 is 24.6 Å². The smallest absolute Gasteiger partial charge is 0.229 e. The van der Waals surface area contributed by atoms with E-state index in [4.69, 9.17) is 14.6 Å². The molecule has 1 saturated heterocycles. The summed E-state index contributed by atoms with van der Waals surface area (Å²) >= 11 is 0. The van der Waals surface area contributed by atoms with Crippen LogP contribution in [0.4, 0.5) is 5.69 Å². The van der Waals surface area contributed by atoms with Crippen LogP contribution in [0.25, 0.3) is 10.8 Å². The van der Waals surface area contributed by atoms with E-state index in [-0.39, 0.29) is 13.0 Å². The van der Waals surface area contributed by atoms with Gasteiger partial charge in [-0.25, -0.2) is 0 Å². The number of nitrogens with one attached hydrogen (secondary N) is 1. The van der Waals surface area contributed by atoms with Crippen LogP contribution in [0.2, 0.25) is 0 Å². The van der Waals surface area contributed by atoms with Gasteiger partial charge < -0.3 is 35.2 Å². The molecule has 36 heavy (non-hydrogen) atoms. The van der Waals surface area contributed by atoms with Crippen molar-refractivity contribution in [2.75, 3.05) is 19.0 Å². The molecule has 1 heterocycles. The molecule has 0 radical (unpaired) electrons. The van der Waals surface area contributed by atoms with Crippen molar-refractivity contribution >= 4 is 16.5 Å². The Labute approximate surface area is 213 Å². The van der Waals surface area contributed by atoms with E-state index in [9.17, 15) is 15.3 Å². The summed E-state index contributed by atoms with van der Waals surface area (Å²) in [5.74, 6) is 0.495. The fraction of sp³-hybridized carbons (Fsp3) is 0.379. The molecule has 7 nitrogen and oxygen atoms in total. The molecule has 4 atom stereocenters. The molecule has 0 aliphatic carbocycles. The van der Waals surface area contributed by atoms with Crippen LogP contribution in [0.3, 0.4) is 0 Å². The van der Waals surface area contributed by atoms with E-state index >= 15 is 0 Å². The molecule has 3 aromatic rings. The Hall–Kier alpha value is -2.94. The molecule has 3 aromatic carbocycles. The number of aliphatic hydroxyl groups is 4. The number of hydrogen-bond acceptors (Lipinski definition) is 7. The normalized spacial score (nSPS) is 21.2. The minimum atomic E-state index is -1.18. The summed E-state index contributed by atoms with van der Waals surface area (Å²) in [7, 11) is 1.00. The highest BCUT2D eigenvalue weighted by Crippen LogP contribution is 2.25. The van der Waals surface area contributed by atoms with Gasteiger partial charge in [-0.05, 0) is 47.5 Å². The van der Waals surface area contributed by atoms with Gasteiger partial charge in [0, 0.05) is 25.3 Å². The van der Waals surface area contributed by atoms with Gasteiger partial charge in [0.25, 0.3) is 0 Å². The van der Waals surface area contributed by atoms with Crippen molar-refractivity contribution in [1.29, 1.82) is 0 Å². The topological polar surface area (TPSA) is 111 Å². The first-order chi connectivity index (χ1) is 17.6. The Morgan fingerprint density at radius 1 is 0.972 bits per heavy atom. The average molecular weight is 498 g/mol. The van der Waals surface area contributed by atoms with Crippen molar-refractivity contribution in [3.8, 4) is 5.75 Å². The SMILES string of the molecule is CC.CO.OCC1CC(O)[C@@H](O)C(Oc2cccc(N/C=C/CCc3ccc4ccccc4c3)c2)O1. The molecule has 196 valence electrons. The van der Waals surface area contributed by atoms with E-state index in [1.165, 1.54) is 16.3 Å². The van der Waals surface area contributed by atoms with Crippen LogP contribution in [0, 0.1) is 0 Å². The highest BCUT2D eigenvalue weighted by Gasteiger charge is 2.38. The van der Waals surface area contributed by atoms with Crippen LogP contribution in [0.15, 0.2) is 79.0 Å². The Kier molecular flexibility index (Phi) is 13.0. The number of aryl methyl sites for hydroxylation is 1. The lowest BCUT2D eigenvalue weighted by molar-refractivity contribution is -0.240. The zero-order valence-corrected chi connectivity index (χ0v) is 21.2. The number of anilines is 1. The fourth-order valence-corrected chi connectivity index (χ4v) is 3.81. The number of ether oxygens (including phenoxy) is 2. The lowest BCUT2D eigenvalue weighted by Gasteiger charge is -2.36. The third kappa shape index (κ3) is 8.62. The molecule has 5 N–H and O–H groups in total. The molecule has 0 aromatic heterocycles. The van der Waals surface area contributed by atoms with Crippen molar-refractivity contribution in [3.05, 3.63) is 84.6 Å². The second-order valence-electron chi connectivity index (χ2n) is 8.02. The summed E-state index contributed by atoms with van der Waals surface area (Å²) in [6.45, 7) is 3.76. The first-order valence-corrected chi connectivity index (χ1v) is 12.4. The van der Waals surface area contributed by atoms with E-state index in [1.807, 2.05) is 32.2 Å². The maximum absolute atomic E-state index is 10.1. The molecule has 0 saturated carbocycles. The van der Waals surface area contributed by atoms with Crippen LogP contribution >= 0.6 is 0 Å². The van der Waals surface area contributed by atoms with E-state index in [0.717, 1.165) is 25.6 Å². The maximum atomic E-state index is 10.1. The number of benzene rings is 3. The largest absolute Gasteiger partial charge is 0.462 e. The first-order valence-electron chi connectivity index (χ1n) is 12.4. The minimum absolute atomic E-state index is 0.170. The van der Waals surface area contributed by atoms with Crippen molar-refractivity contribution in [2.24, 2.45) is 0 Å². The lowest BCUT2D eigenvalue weighted by Crippen LogP contribution is -2.51. The molecule has 0 spiro atoms. The van der Waals surface area contributed by atoms with Crippen molar-refractivity contribution < 1.29 is 29.9 Å². The second kappa shape index (κ2) is 15.9. The monoisotopic (exact) mass is 497 g/mol. The number of aliphatic hydroxyl groups excluding tert-OH is 4. The van der Waals surface area contributed by atoms with E-state index in [2.05, 4.69) is 53.9 Å². The summed E-state index contributed by atoms with van der Waals surface area (Å²) in [6.07, 6.45) is 2.23. The number of fused-ring (bicyclic) bond motifs is 1. The highest BCUT2D eigenvalue weighted by atomic mass is 16.7. The summed E-state index contributed by atoms with van der Waals surface area (Å²) in [4.78, 5) is 0. The zero-order chi connectivity index (χ0) is 26.3. The first kappa shape index (κ1) is 29.3. The summed E-state index contributed by atoms with van der Waals surface area (Å²) < 4.78 is 11.3. The number of hydrogen-bond donors (Lipinski definition) is 5. The van der Waals surface area contributed by atoms with E-state index in [0.29, 0.717) is 5.75 Å². The fourth-order valence-electron chi connectivity index (χ4n) is 3.81. The average Bonchev–Trinajstić information content (AvgIpc) is 2.93. The molecular formula is C29H39NO6. The van der Waals surface area contributed by atoms with Gasteiger partial charge in [-0.2, -0.15) is 0 Å². The van der Waals surface area contributed by atoms with Gasteiger partial charge >= 0.3 is 0 Å².